The van der Waals surface area contributed by atoms with Gasteiger partial charge in [-0.25, -0.2) is 0 Å². The first-order chi connectivity index (χ1) is 10.6. The van der Waals surface area contributed by atoms with Crippen LogP contribution in [0.25, 0.3) is 0 Å². The van der Waals surface area contributed by atoms with Crippen molar-refractivity contribution >= 4 is 5.91 Å². The summed E-state index contributed by atoms with van der Waals surface area (Å²) in [6.07, 6.45) is 2.73. The van der Waals surface area contributed by atoms with Crippen LogP contribution in [0.3, 0.4) is 0 Å². The number of nitrogens with zero attached hydrogens (tertiary/aromatic N) is 3. The van der Waals surface area contributed by atoms with E-state index in [0.717, 1.165) is 37.2 Å². The minimum atomic E-state index is -0.128. The van der Waals surface area contributed by atoms with Crippen molar-refractivity contribution in [1.29, 1.82) is 0 Å². The molecule has 0 aliphatic carbocycles. The van der Waals surface area contributed by atoms with Crippen LogP contribution in [0, 0.1) is 13.8 Å². The lowest BCUT2D eigenvalue weighted by Crippen LogP contribution is -2.26. The van der Waals surface area contributed by atoms with Crippen molar-refractivity contribution in [3.8, 4) is 0 Å². The first-order valence-corrected chi connectivity index (χ1v) is 7.92. The van der Waals surface area contributed by atoms with Crippen molar-refractivity contribution in [3.05, 3.63) is 34.4 Å². The van der Waals surface area contributed by atoms with Gasteiger partial charge in [0.05, 0.1) is 5.69 Å². The van der Waals surface area contributed by atoms with E-state index in [1.807, 2.05) is 17.7 Å². The highest BCUT2D eigenvalue weighted by Crippen LogP contribution is 2.13. The number of aromatic amines is 1. The summed E-state index contributed by atoms with van der Waals surface area (Å²) in [5.74, 6) is -0.128. The number of nitrogens with one attached hydrogen (secondary N) is 2. The lowest BCUT2D eigenvalue weighted by molar-refractivity contribution is 0.0949. The molecule has 0 atom stereocenters. The maximum absolute atomic E-state index is 12.1. The first-order valence-electron chi connectivity index (χ1n) is 7.92. The number of rotatable bonds is 7. The molecule has 2 aromatic heterocycles. The molecule has 0 aromatic carbocycles. The fourth-order valence-corrected chi connectivity index (χ4v) is 2.67. The highest BCUT2D eigenvalue weighted by atomic mass is 16.1. The molecule has 120 valence electrons. The number of hydrogen-bond acceptors (Lipinski definition) is 3. The maximum atomic E-state index is 12.1. The molecule has 0 saturated carbocycles. The summed E-state index contributed by atoms with van der Waals surface area (Å²) >= 11 is 0. The maximum Gasteiger partial charge on any atom is 0.271 e. The number of aromatic nitrogens is 4. The predicted molar refractivity (Wildman–Crippen MR) is 86.0 cm³/mol. The van der Waals surface area contributed by atoms with Gasteiger partial charge in [0.2, 0.25) is 0 Å². The lowest BCUT2D eigenvalue weighted by atomic mass is 10.1. The molecule has 2 rings (SSSR count). The second kappa shape index (κ2) is 7.24. The molecule has 0 bridgehead atoms. The minimum absolute atomic E-state index is 0.128. The quantitative estimate of drug-likeness (QED) is 0.823. The van der Waals surface area contributed by atoms with E-state index >= 15 is 0 Å². The van der Waals surface area contributed by atoms with Crippen LogP contribution in [0.5, 0.6) is 0 Å². The van der Waals surface area contributed by atoms with Gasteiger partial charge in [0, 0.05) is 24.5 Å². The summed E-state index contributed by atoms with van der Waals surface area (Å²) in [7, 11) is 0. The van der Waals surface area contributed by atoms with Gasteiger partial charge in [-0.15, -0.1) is 0 Å². The number of aryl methyl sites for hydroxylation is 3. The Balaban J connectivity index is 1.90. The summed E-state index contributed by atoms with van der Waals surface area (Å²) in [4.78, 5) is 12.1. The van der Waals surface area contributed by atoms with Crippen LogP contribution >= 0.6 is 0 Å². The SMILES string of the molecule is CCCc1cc(C(=O)NCCc2c(C)nn(CC)c2C)n[nH]1. The van der Waals surface area contributed by atoms with Gasteiger partial charge < -0.3 is 5.32 Å². The van der Waals surface area contributed by atoms with Crippen molar-refractivity contribution in [2.45, 2.75) is 53.5 Å². The summed E-state index contributed by atoms with van der Waals surface area (Å²) in [6, 6.07) is 1.82. The number of carbonyl (C=O) groups is 1. The Morgan fingerprint density at radius 1 is 1.32 bits per heavy atom. The number of amides is 1. The van der Waals surface area contributed by atoms with Crippen molar-refractivity contribution in [2.24, 2.45) is 0 Å². The second-order valence-corrected chi connectivity index (χ2v) is 5.50. The van der Waals surface area contributed by atoms with E-state index in [9.17, 15) is 4.79 Å². The second-order valence-electron chi connectivity index (χ2n) is 5.50. The molecule has 0 radical (unpaired) electrons. The molecule has 0 unspecified atom stereocenters. The Bertz CT molecular complexity index is 641. The van der Waals surface area contributed by atoms with E-state index in [2.05, 4.69) is 41.4 Å². The Kier molecular flexibility index (Phi) is 5.35. The molecule has 2 N–H and O–H groups in total. The van der Waals surface area contributed by atoms with Gasteiger partial charge in [-0.1, -0.05) is 13.3 Å². The van der Waals surface area contributed by atoms with Crippen LogP contribution in [0.4, 0.5) is 0 Å². The fraction of sp³-hybridized carbons (Fsp3) is 0.562. The number of carbonyl (C=O) groups excluding carboxylic acids is 1. The van der Waals surface area contributed by atoms with E-state index in [-0.39, 0.29) is 5.91 Å². The molecule has 0 aliphatic rings. The van der Waals surface area contributed by atoms with Gasteiger partial charge in [0.1, 0.15) is 5.69 Å². The predicted octanol–water partition coefficient (Wildman–Crippen LogP) is 2.17. The molecule has 6 heteroatoms. The highest BCUT2D eigenvalue weighted by Gasteiger charge is 2.13. The molecule has 0 saturated heterocycles. The van der Waals surface area contributed by atoms with Gasteiger partial charge in [-0.2, -0.15) is 10.2 Å². The smallest absolute Gasteiger partial charge is 0.271 e. The molecular formula is C16H25N5O. The van der Waals surface area contributed by atoms with Crippen LogP contribution in [0.15, 0.2) is 6.07 Å². The third-order valence-electron chi connectivity index (χ3n) is 3.87. The summed E-state index contributed by atoms with van der Waals surface area (Å²) < 4.78 is 2.00. The molecule has 0 spiro atoms. The zero-order valence-corrected chi connectivity index (χ0v) is 13.9. The minimum Gasteiger partial charge on any atom is -0.350 e. The van der Waals surface area contributed by atoms with Crippen molar-refractivity contribution in [2.75, 3.05) is 6.54 Å². The van der Waals surface area contributed by atoms with E-state index in [0.29, 0.717) is 12.2 Å². The molecule has 0 aliphatic heterocycles. The summed E-state index contributed by atoms with van der Waals surface area (Å²) in [5.41, 5.74) is 4.90. The van der Waals surface area contributed by atoms with E-state index < -0.39 is 0 Å². The van der Waals surface area contributed by atoms with E-state index in [4.69, 9.17) is 0 Å². The zero-order valence-electron chi connectivity index (χ0n) is 13.9. The van der Waals surface area contributed by atoms with Crippen LogP contribution < -0.4 is 5.32 Å². The molecule has 22 heavy (non-hydrogen) atoms. The third-order valence-corrected chi connectivity index (χ3v) is 3.87. The summed E-state index contributed by atoms with van der Waals surface area (Å²) in [5, 5.41) is 14.4. The average Bonchev–Trinajstić information content (AvgIpc) is 3.06. The van der Waals surface area contributed by atoms with Gasteiger partial charge in [-0.3, -0.25) is 14.6 Å². The van der Waals surface area contributed by atoms with Crippen molar-refractivity contribution in [3.63, 3.8) is 0 Å². The largest absolute Gasteiger partial charge is 0.350 e. The van der Waals surface area contributed by atoms with Gasteiger partial charge in [0.15, 0.2) is 0 Å². The topological polar surface area (TPSA) is 75.6 Å². The molecule has 6 nitrogen and oxygen atoms in total. The van der Waals surface area contributed by atoms with Crippen LogP contribution in [-0.4, -0.2) is 32.4 Å². The monoisotopic (exact) mass is 303 g/mol. The summed E-state index contributed by atoms with van der Waals surface area (Å²) in [6.45, 7) is 9.73. The fourth-order valence-electron chi connectivity index (χ4n) is 2.67. The van der Waals surface area contributed by atoms with Crippen LogP contribution in [0.1, 0.15) is 53.4 Å². The van der Waals surface area contributed by atoms with E-state index in [1.165, 1.54) is 11.3 Å². The van der Waals surface area contributed by atoms with Gasteiger partial charge in [0.25, 0.3) is 5.91 Å². The van der Waals surface area contributed by atoms with Crippen molar-refractivity contribution < 1.29 is 4.79 Å². The molecule has 2 heterocycles. The lowest BCUT2D eigenvalue weighted by Gasteiger charge is -2.04. The van der Waals surface area contributed by atoms with Crippen LogP contribution in [0.2, 0.25) is 0 Å². The van der Waals surface area contributed by atoms with Crippen molar-refractivity contribution in [1.82, 2.24) is 25.3 Å². The highest BCUT2D eigenvalue weighted by molar-refractivity contribution is 5.92. The number of hydrogen-bond donors (Lipinski definition) is 2. The Labute approximate surface area is 131 Å². The third kappa shape index (κ3) is 3.55. The van der Waals surface area contributed by atoms with Gasteiger partial charge >= 0.3 is 0 Å². The molecule has 2 aromatic rings. The molecular weight excluding hydrogens is 278 g/mol. The zero-order chi connectivity index (χ0) is 16.1. The number of H-pyrrole nitrogens is 1. The normalized spacial score (nSPS) is 10.9. The Hall–Kier alpha value is -2.11. The molecule has 1 amide bonds. The first kappa shape index (κ1) is 16.3. The Morgan fingerprint density at radius 2 is 2.09 bits per heavy atom. The van der Waals surface area contributed by atoms with Gasteiger partial charge in [-0.05, 0) is 45.2 Å². The van der Waals surface area contributed by atoms with E-state index in [1.54, 1.807) is 0 Å². The van der Waals surface area contributed by atoms with Crippen LogP contribution in [-0.2, 0) is 19.4 Å². The molecule has 0 fully saturated rings. The standard InChI is InChI=1S/C16H25N5O/c1-5-7-13-10-15(19-18-13)16(22)17-9-8-14-11(3)20-21(6-2)12(14)4/h10H,5-9H2,1-4H3,(H,17,22)(H,18,19). The average molecular weight is 303 g/mol. The Morgan fingerprint density at radius 3 is 2.73 bits per heavy atom.